The van der Waals surface area contributed by atoms with Gasteiger partial charge in [0.1, 0.15) is 12.1 Å². The summed E-state index contributed by atoms with van der Waals surface area (Å²) in [6.07, 6.45) is 6.42. The molecule has 0 aromatic heterocycles. The second kappa shape index (κ2) is 5.62. The van der Waals surface area contributed by atoms with E-state index in [4.69, 9.17) is 0 Å². The number of hydrogen-bond donors (Lipinski definition) is 0. The molecule has 1 saturated carbocycles. The Balaban J connectivity index is 1.85. The average molecular weight is 292 g/mol. The largest absolute Gasteiger partial charge is 0.329 e. The van der Waals surface area contributed by atoms with Crippen molar-refractivity contribution in [2.75, 3.05) is 6.54 Å². The molecule has 1 aliphatic carbocycles. The predicted octanol–water partition coefficient (Wildman–Crippen LogP) is 2.42. The van der Waals surface area contributed by atoms with Crippen LogP contribution in [-0.2, 0) is 9.59 Å². The molecule has 118 valence electrons. The second-order valence-corrected chi connectivity index (χ2v) is 7.33. The summed E-state index contributed by atoms with van der Waals surface area (Å²) in [5.74, 6) is 1.27. The number of hydrogen-bond acceptors (Lipinski definition) is 2. The lowest BCUT2D eigenvalue weighted by atomic mass is 9.90. The van der Waals surface area contributed by atoms with E-state index in [0.29, 0.717) is 12.0 Å². The number of piperazine rings is 1. The smallest absolute Gasteiger partial charge is 0.246 e. The first-order valence-corrected chi connectivity index (χ1v) is 8.69. The summed E-state index contributed by atoms with van der Waals surface area (Å²) >= 11 is 0. The van der Waals surface area contributed by atoms with Crippen molar-refractivity contribution in [3.8, 4) is 0 Å². The van der Waals surface area contributed by atoms with Crippen LogP contribution in [0.3, 0.4) is 0 Å². The molecule has 3 aliphatic rings. The molecule has 0 bridgehead atoms. The van der Waals surface area contributed by atoms with E-state index in [2.05, 4.69) is 20.8 Å². The Morgan fingerprint density at radius 3 is 2.62 bits per heavy atom. The summed E-state index contributed by atoms with van der Waals surface area (Å²) in [7, 11) is 0. The van der Waals surface area contributed by atoms with Crippen LogP contribution in [0.2, 0.25) is 0 Å². The molecule has 0 radical (unpaired) electrons. The van der Waals surface area contributed by atoms with E-state index in [1.54, 1.807) is 0 Å². The number of fused-ring (bicyclic) bond motifs is 1. The molecule has 4 heteroatoms. The highest BCUT2D eigenvalue weighted by Gasteiger charge is 2.54. The third kappa shape index (κ3) is 2.47. The van der Waals surface area contributed by atoms with Gasteiger partial charge in [0.05, 0.1) is 0 Å². The van der Waals surface area contributed by atoms with Gasteiger partial charge in [0.25, 0.3) is 0 Å². The molecule has 2 aliphatic heterocycles. The lowest BCUT2D eigenvalue weighted by molar-refractivity contribution is -0.166. The quantitative estimate of drug-likeness (QED) is 0.798. The van der Waals surface area contributed by atoms with Gasteiger partial charge in [-0.15, -0.1) is 0 Å². The zero-order valence-corrected chi connectivity index (χ0v) is 13.5. The fraction of sp³-hybridized carbons (Fsp3) is 0.882. The predicted molar refractivity (Wildman–Crippen MR) is 81.6 cm³/mol. The van der Waals surface area contributed by atoms with Crippen LogP contribution in [0.15, 0.2) is 0 Å². The first kappa shape index (κ1) is 14.9. The lowest BCUT2D eigenvalue weighted by Crippen LogP contribution is -2.67. The van der Waals surface area contributed by atoms with Crippen molar-refractivity contribution >= 4 is 11.8 Å². The van der Waals surface area contributed by atoms with Crippen molar-refractivity contribution in [2.24, 2.45) is 11.8 Å². The van der Waals surface area contributed by atoms with Gasteiger partial charge in [-0.3, -0.25) is 9.59 Å². The van der Waals surface area contributed by atoms with Crippen molar-refractivity contribution in [3.05, 3.63) is 0 Å². The molecule has 3 rings (SSSR count). The maximum Gasteiger partial charge on any atom is 0.246 e. The van der Waals surface area contributed by atoms with Crippen LogP contribution in [0.25, 0.3) is 0 Å². The fourth-order valence-electron chi connectivity index (χ4n) is 4.28. The van der Waals surface area contributed by atoms with E-state index < -0.39 is 0 Å². The summed E-state index contributed by atoms with van der Waals surface area (Å²) in [5.41, 5.74) is 0. The Labute approximate surface area is 127 Å². The number of rotatable bonds is 4. The lowest BCUT2D eigenvalue weighted by Gasteiger charge is -2.48. The van der Waals surface area contributed by atoms with E-state index in [1.165, 1.54) is 12.8 Å². The van der Waals surface area contributed by atoms with E-state index in [0.717, 1.165) is 32.2 Å². The molecule has 4 nitrogen and oxygen atoms in total. The molecule has 21 heavy (non-hydrogen) atoms. The van der Waals surface area contributed by atoms with Crippen molar-refractivity contribution in [3.63, 3.8) is 0 Å². The zero-order valence-electron chi connectivity index (χ0n) is 13.5. The van der Waals surface area contributed by atoms with Crippen LogP contribution in [0, 0.1) is 11.8 Å². The van der Waals surface area contributed by atoms with Gasteiger partial charge in [0.15, 0.2) is 0 Å². The Morgan fingerprint density at radius 2 is 1.95 bits per heavy atom. The van der Waals surface area contributed by atoms with Crippen LogP contribution in [0.5, 0.6) is 0 Å². The summed E-state index contributed by atoms with van der Waals surface area (Å²) in [6.45, 7) is 7.12. The number of piperidine rings is 1. The number of carbonyl (C=O) groups is 2. The van der Waals surface area contributed by atoms with Gasteiger partial charge in [-0.05, 0) is 43.9 Å². The molecule has 0 aromatic rings. The SMILES string of the molecule is CCCC1CC1N1C(=O)C2CCCCN2C(=O)C1C(C)C. The molecule has 0 N–H and O–H groups in total. The molecule has 2 saturated heterocycles. The molecule has 4 atom stereocenters. The minimum Gasteiger partial charge on any atom is -0.329 e. The Morgan fingerprint density at radius 1 is 1.19 bits per heavy atom. The summed E-state index contributed by atoms with van der Waals surface area (Å²) in [4.78, 5) is 29.7. The highest BCUT2D eigenvalue weighted by molar-refractivity contribution is 5.97. The Kier molecular flexibility index (Phi) is 3.98. The summed E-state index contributed by atoms with van der Waals surface area (Å²) < 4.78 is 0. The second-order valence-electron chi connectivity index (χ2n) is 7.33. The van der Waals surface area contributed by atoms with Crippen molar-refractivity contribution in [1.29, 1.82) is 0 Å². The molecule has 2 amide bonds. The van der Waals surface area contributed by atoms with Crippen LogP contribution < -0.4 is 0 Å². The first-order chi connectivity index (χ1) is 10.1. The van der Waals surface area contributed by atoms with Gasteiger partial charge in [0, 0.05) is 12.6 Å². The first-order valence-electron chi connectivity index (χ1n) is 8.69. The molecular weight excluding hydrogens is 264 g/mol. The van der Waals surface area contributed by atoms with Gasteiger partial charge < -0.3 is 9.80 Å². The van der Waals surface area contributed by atoms with Gasteiger partial charge in [-0.2, -0.15) is 0 Å². The van der Waals surface area contributed by atoms with Gasteiger partial charge in [-0.25, -0.2) is 0 Å². The highest BCUT2D eigenvalue weighted by Crippen LogP contribution is 2.44. The molecular formula is C17H28N2O2. The minimum atomic E-state index is -0.223. The maximum atomic E-state index is 13.0. The maximum absolute atomic E-state index is 13.0. The topological polar surface area (TPSA) is 40.6 Å². The molecule has 3 fully saturated rings. The molecule has 0 spiro atoms. The van der Waals surface area contributed by atoms with Crippen molar-refractivity contribution in [2.45, 2.75) is 77.4 Å². The van der Waals surface area contributed by atoms with Gasteiger partial charge in [0.2, 0.25) is 11.8 Å². The van der Waals surface area contributed by atoms with Crippen LogP contribution in [0.4, 0.5) is 0 Å². The number of amides is 2. The van der Waals surface area contributed by atoms with Crippen LogP contribution >= 0.6 is 0 Å². The Bertz CT molecular complexity index is 435. The van der Waals surface area contributed by atoms with E-state index in [1.807, 2.05) is 9.80 Å². The molecule has 2 heterocycles. The number of nitrogens with zero attached hydrogens (tertiary/aromatic N) is 2. The standard InChI is InChI=1S/C17H28N2O2/c1-4-7-12-10-14(12)19-15(11(2)3)17(21)18-9-6-5-8-13(18)16(19)20/h11-15H,4-10H2,1-3H3. The van der Waals surface area contributed by atoms with Gasteiger partial charge in [-0.1, -0.05) is 27.2 Å². The third-order valence-electron chi connectivity index (χ3n) is 5.41. The third-order valence-corrected chi connectivity index (χ3v) is 5.41. The van der Waals surface area contributed by atoms with Crippen molar-refractivity contribution in [1.82, 2.24) is 9.80 Å². The fourth-order valence-corrected chi connectivity index (χ4v) is 4.28. The number of carbonyl (C=O) groups excluding carboxylic acids is 2. The van der Waals surface area contributed by atoms with Crippen LogP contribution in [0.1, 0.15) is 59.3 Å². The summed E-state index contributed by atoms with van der Waals surface area (Å²) in [6, 6.07) is -0.0549. The van der Waals surface area contributed by atoms with Crippen LogP contribution in [-0.4, -0.2) is 46.3 Å². The van der Waals surface area contributed by atoms with Crippen molar-refractivity contribution < 1.29 is 9.59 Å². The van der Waals surface area contributed by atoms with E-state index in [9.17, 15) is 9.59 Å². The van der Waals surface area contributed by atoms with E-state index >= 15 is 0 Å². The summed E-state index contributed by atoms with van der Waals surface area (Å²) in [5, 5.41) is 0. The zero-order chi connectivity index (χ0) is 15.1. The minimum absolute atomic E-state index is 0.163. The Hall–Kier alpha value is -1.06. The normalized spacial score (nSPS) is 36.2. The highest BCUT2D eigenvalue weighted by atomic mass is 16.2. The molecule has 0 aromatic carbocycles. The van der Waals surface area contributed by atoms with E-state index in [-0.39, 0.29) is 29.8 Å². The monoisotopic (exact) mass is 292 g/mol. The van der Waals surface area contributed by atoms with Gasteiger partial charge >= 0.3 is 0 Å². The average Bonchev–Trinajstić information content (AvgIpc) is 3.21. The molecule has 4 unspecified atom stereocenters.